The molecule has 0 aromatic heterocycles. The van der Waals surface area contributed by atoms with Crippen LogP contribution in [0.1, 0.15) is 23.2 Å². The van der Waals surface area contributed by atoms with Gasteiger partial charge in [0.2, 0.25) is 0 Å². The van der Waals surface area contributed by atoms with Crippen molar-refractivity contribution >= 4 is 39.5 Å². The highest BCUT2D eigenvalue weighted by atomic mass is 79.9. The average molecular weight is 359 g/mol. The summed E-state index contributed by atoms with van der Waals surface area (Å²) in [5.41, 5.74) is 6.22. The van der Waals surface area contributed by atoms with E-state index < -0.39 is 23.9 Å². The molecule has 7 nitrogen and oxygen atoms in total. The Bertz CT molecular complexity index is 541. The first-order chi connectivity index (χ1) is 9.83. The minimum absolute atomic E-state index is 0.0583. The molecule has 0 radical (unpaired) electrons. The van der Waals surface area contributed by atoms with Crippen molar-refractivity contribution in [3.05, 3.63) is 28.2 Å². The first-order valence-corrected chi connectivity index (χ1v) is 6.79. The van der Waals surface area contributed by atoms with E-state index in [0.717, 1.165) is 0 Å². The van der Waals surface area contributed by atoms with E-state index in [1.54, 1.807) is 6.07 Å². The Hall–Kier alpha value is -2.09. The summed E-state index contributed by atoms with van der Waals surface area (Å²) in [5.74, 6) is -2.35. The van der Waals surface area contributed by atoms with Crippen molar-refractivity contribution in [1.29, 1.82) is 0 Å². The number of hydrogen-bond donors (Lipinski definition) is 3. The van der Waals surface area contributed by atoms with Gasteiger partial charge in [-0.2, -0.15) is 0 Å². The Kier molecular flexibility index (Phi) is 6.16. The topological polar surface area (TPSA) is 119 Å². The van der Waals surface area contributed by atoms with Crippen molar-refractivity contribution < 1.29 is 24.2 Å². The Labute approximate surface area is 129 Å². The number of esters is 1. The van der Waals surface area contributed by atoms with Gasteiger partial charge in [0.25, 0.3) is 5.91 Å². The molecule has 0 aliphatic carbocycles. The van der Waals surface area contributed by atoms with Gasteiger partial charge in [-0.1, -0.05) is 15.9 Å². The summed E-state index contributed by atoms with van der Waals surface area (Å²) in [5, 5.41) is 11.4. The van der Waals surface area contributed by atoms with Crippen LogP contribution in [0.2, 0.25) is 0 Å². The lowest BCUT2D eigenvalue weighted by atomic mass is 10.1. The second-order valence-electron chi connectivity index (χ2n) is 4.25. The molecule has 0 aliphatic rings. The van der Waals surface area contributed by atoms with Crippen molar-refractivity contribution in [3.63, 3.8) is 0 Å². The summed E-state index contributed by atoms with van der Waals surface area (Å²) >= 11 is 3.20. The largest absolute Gasteiger partial charge is 0.480 e. The first kappa shape index (κ1) is 17.0. The molecular weight excluding hydrogens is 344 g/mol. The second-order valence-corrected chi connectivity index (χ2v) is 5.17. The number of nitrogens with two attached hydrogens (primary N) is 1. The number of carboxylic acid groups (broad SMARTS) is 1. The minimum atomic E-state index is -1.23. The predicted octanol–water partition coefficient (Wildman–Crippen LogP) is 1.17. The number of hydrogen-bond acceptors (Lipinski definition) is 5. The van der Waals surface area contributed by atoms with Crippen LogP contribution in [0, 0.1) is 0 Å². The fourth-order valence-electron chi connectivity index (χ4n) is 1.61. The van der Waals surface area contributed by atoms with Crippen LogP contribution in [0.5, 0.6) is 0 Å². The van der Waals surface area contributed by atoms with E-state index in [-0.39, 0.29) is 18.4 Å². The molecule has 0 spiro atoms. The van der Waals surface area contributed by atoms with Gasteiger partial charge < -0.3 is 20.9 Å². The second kappa shape index (κ2) is 7.63. The third-order valence-corrected chi connectivity index (χ3v) is 3.11. The Morgan fingerprint density at radius 1 is 1.38 bits per heavy atom. The third kappa shape index (κ3) is 5.42. The maximum absolute atomic E-state index is 12.0. The lowest BCUT2D eigenvalue weighted by Crippen LogP contribution is -2.41. The van der Waals surface area contributed by atoms with Crippen LogP contribution < -0.4 is 11.1 Å². The fourth-order valence-corrected chi connectivity index (χ4v) is 2.12. The van der Waals surface area contributed by atoms with Gasteiger partial charge in [-0.15, -0.1) is 0 Å². The number of amides is 1. The number of ether oxygens (including phenoxy) is 1. The molecule has 1 aromatic rings. The number of aliphatic carboxylic acids is 1. The van der Waals surface area contributed by atoms with E-state index in [0.29, 0.717) is 10.2 Å². The van der Waals surface area contributed by atoms with Crippen molar-refractivity contribution in [2.75, 3.05) is 12.8 Å². The monoisotopic (exact) mass is 358 g/mol. The highest BCUT2D eigenvalue weighted by Gasteiger charge is 2.22. The van der Waals surface area contributed by atoms with E-state index in [4.69, 9.17) is 10.8 Å². The molecule has 4 N–H and O–H groups in total. The molecule has 1 amide bonds. The normalized spacial score (nSPS) is 11.5. The Balaban J connectivity index is 2.76. The summed E-state index contributed by atoms with van der Waals surface area (Å²) in [7, 11) is 1.21. The number of anilines is 1. The number of nitrogen functional groups attached to an aromatic ring is 1. The van der Waals surface area contributed by atoms with Gasteiger partial charge in [-0.25, -0.2) is 4.79 Å². The smallest absolute Gasteiger partial charge is 0.326 e. The average Bonchev–Trinajstić information content (AvgIpc) is 2.41. The van der Waals surface area contributed by atoms with Crippen LogP contribution in [0.15, 0.2) is 22.7 Å². The number of methoxy groups -OCH3 is 1. The molecule has 114 valence electrons. The van der Waals surface area contributed by atoms with E-state index in [1.807, 2.05) is 0 Å². The number of benzene rings is 1. The molecule has 1 aromatic carbocycles. The number of carbonyl (C=O) groups excluding carboxylic acids is 2. The van der Waals surface area contributed by atoms with Gasteiger partial charge in [-0.05, 0) is 24.6 Å². The van der Waals surface area contributed by atoms with Crippen LogP contribution in [0.25, 0.3) is 0 Å². The maximum Gasteiger partial charge on any atom is 0.326 e. The first-order valence-electron chi connectivity index (χ1n) is 6.00. The Morgan fingerprint density at radius 2 is 2.05 bits per heavy atom. The van der Waals surface area contributed by atoms with E-state index in [1.165, 1.54) is 19.2 Å². The van der Waals surface area contributed by atoms with Crippen LogP contribution in [0.4, 0.5) is 5.69 Å². The standard InChI is InChI=1S/C13H15BrN2O5/c1-21-11(17)3-2-10(13(19)20)16-12(18)7-4-8(14)6-9(15)5-7/h4-6,10H,2-3,15H2,1H3,(H,16,18)(H,19,20). The summed E-state index contributed by atoms with van der Waals surface area (Å²) in [4.78, 5) is 34.1. The molecule has 0 aliphatic heterocycles. The zero-order valence-corrected chi connectivity index (χ0v) is 12.8. The zero-order chi connectivity index (χ0) is 16.0. The number of carbonyl (C=O) groups is 3. The van der Waals surface area contributed by atoms with Gasteiger partial charge in [-0.3, -0.25) is 9.59 Å². The molecule has 8 heteroatoms. The van der Waals surface area contributed by atoms with Gasteiger partial charge >= 0.3 is 11.9 Å². The number of nitrogens with one attached hydrogen (secondary N) is 1. The van der Waals surface area contributed by atoms with Crippen molar-refractivity contribution in [2.45, 2.75) is 18.9 Å². The molecule has 0 bridgehead atoms. The molecule has 1 atom stereocenters. The lowest BCUT2D eigenvalue weighted by Gasteiger charge is -2.14. The van der Waals surface area contributed by atoms with Gasteiger partial charge in [0.1, 0.15) is 6.04 Å². The molecule has 1 rings (SSSR count). The van der Waals surface area contributed by atoms with Gasteiger partial charge in [0.15, 0.2) is 0 Å². The molecule has 0 heterocycles. The summed E-state index contributed by atoms with van der Waals surface area (Å²) < 4.78 is 5.04. The van der Waals surface area contributed by atoms with Crippen molar-refractivity contribution in [3.8, 4) is 0 Å². The summed E-state index contributed by atoms with van der Waals surface area (Å²) in [6.07, 6.45) is -0.161. The molecule has 0 saturated heterocycles. The number of carboxylic acids is 1. The Morgan fingerprint density at radius 3 is 2.57 bits per heavy atom. The number of rotatable bonds is 6. The fraction of sp³-hybridized carbons (Fsp3) is 0.308. The quantitative estimate of drug-likeness (QED) is 0.518. The molecular formula is C13H15BrN2O5. The summed E-state index contributed by atoms with van der Waals surface area (Å²) in [6.45, 7) is 0. The third-order valence-electron chi connectivity index (χ3n) is 2.65. The molecule has 0 saturated carbocycles. The van der Waals surface area contributed by atoms with E-state index in [9.17, 15) is 14.4 Å². The van der Waals surface area contributed by atoms with Crippen molar-refractivity contribution in [1.82, 2.24) is 5.32 Å². The lowest BCUT2D eigenvalue weighted by molar-refractivity contribution is -0.142. The maximum atomic E-state index is 12.0. The van der Waals surface area contributed by atoms with E-state index in [2.05, 4.69) is 26.0 Å². The minimum Gasteiger partial charge on any atom is -0.480 e. The predicted molar refractivity (Wildman–Crippen MR) is 78.7 cm³/mol. The van der Waals surface area contributed by atoms with Gasteiger partial charge in [0.05, 0.1) is 7.11 Å². The highest BCUT2D eigenvalue weighted by Crippen LogP contribution is 2.17. The SMILES string of the molecule is COC(=O)CCC(NC(=O)c1cc(N)cc(Br)c1)C(=O)O. The molecule has 1 unspecified atom stereocenters. The van der Waals surface area contributed by atoms with Gasteiger partial charge in [0, 0.05) is 22.1 Å². The molecule has 21 heavy (non-hydrogen) atoms. The zero-order valence-electron chi connectivity index (χ0n) is 11.3. The van der Waals surface area contributed by atoms with Crippen molar-refractivity contribution in [2.24, 2.45) is 0 Å². The van der Waals surface area contributed by atoms with Crippen LogP contribution in [-0.4, -0.2) is 36.1 Å². The highest BCUT2D eigenvalue weighted by molar-refractivity contribution is 9.10. The number of halogens is 1. The van der Waals surface area contributed by atoms with Crippen LogP contribution in [-0.2, 0) is 14.3 Å². The summed E-state index contributed by atoms with van der Waals surface area (Å²) in [6, 6.07) is 3.38. The molecule has 0 fully saturated rings. The van der Waals surface area contributed by atoms with Crippen LogP contribution in [0.3, 0.4) is 0 Å². The van der Waals surface area contributed by atoms with Crippen LogP contribution >= 0.6 is 15.9 Å². The van der Waals surface area contributed by atoms with E-state index >= 15 is 0 Å².